The summed E-state index contributed by atoms with van der Waals surface area (Å²) in [5.74, 6) is 0. The fraction of sp³-hybridized carbons (Fsp3) is 1.00. The molecule has 0 rings (SSSR count). The fourth-order valence-corrected chi connectivity index (χ4v) is 0.786. The van der Waals surface area contributed by atoms with E-state index >= 15 is 0 Å². The molecule has 1 radical (unpaired) electrons. The second-order valence-electron chi connectivity index (χ2n) is 1.05. The second-order valence-corrected chi connectivity index (χ2v) is 6.38. The van der Waals surface area contributed by atoms with E-state index in [-0.39, 0.29) is 51.4 Å². The number of rotatable bonds is 3. The Kier molecular flexibility index (Phi) is 15.9. The average Bonchev–Trinajstić information content (AvgIpc) is 1.61. The maximum absolute atomic E-state index is 3.18. The van der Waals surface area contributed by atoms with E-state index in [0.717, 1.165) is 13.1 Å². The van der Waals surface area contributed by atoms with Gasteiger partial charge in [-0.2, -0.15) is 5.90 Å². The summed E-state index contributed by atoms with van der Waals surface area (Å²) in [5.41, 5.74) is 0. The van der Waals surface area contributed by atoms with Crippen LogP contribution >= 0.6 is 64.6 Å². The van der Waals surface area contributed by atoms with Crippen LogP contribution < -0.4 is 0 Å². The van der Waals surface area contributed by atoms with Crippen LogP contribution in [0.15, 0.2) is 0 Å². The molecule has 7 heteroatoms. The quantitative estimate of drug-likeness (QED) is 0.517. The summed E-state index contributed by atoms with van der Waals surface area (Å²) in [5, 5.41) is 0. The monoisotopic (exact) mass is 411 g/mol. The molecule has 51 valence electrons. The van der Waals surface area contributed by atoms with Crippen molar-refractivity contribution in [1.29, 1.82) is 0 Å². The molecular weight excluding hydrogens is 411 g/mol. The van der Waals surface area contributed by atoms with Crippen LogP contribution in [0, 0.1) is 0 Å². The largest absolute Gasteiger partial charge is 0.176 e. The van der Waals surface area contributed by atoms with Crippen molar-refractivity contribution in [1.82, 2.24) is 5.90 Å². The predicted molar refractivity (Wildman–Crippen MR) is 54.9 cm³/mol. The Morgan fingerprint density at radius 3 is 1.11 bits per heavy atom. The van der Waals surface area contributed by atoms with Gasteiger partial charge in [0.25, 0.3) is 0 Å². The molecule has 0 fully saturated rings. The number of halogens is 4. The summed E-state index contributed by atoms with van der Waals surface area (Å²) in [7, 11) is 0. The summed E-state index contributed by atoms with van der Waals surface area (Å²) >= 11 is 12.7. The Balaban J connectivity index is 0. The number of nitrogens with zero attached hydrogens (tertiary/aromatic N) is 2. The SMILES string of the molecule is BrN(Br)CCN(Br)Br.[K]. The van der Waals surface area contributed by atoms with Crippen LogP contribution in [0.25, 0.3) is 0 Å². The van der Waals surface area contributed by atoms with E-state index in [4.69, 9.17) is 0 Å². The van der Waals surface area contributed by atoms with Crippen LogP contribution in [-0.2, 0) is 0 Å². The van der Waals surface area contributed by atoms with Gasteiger partial charge < -0.3 is 0 Å². The van der Waals surface area contributed by atoms with Crippen LogP contribution in [0.2, 0.25) is 0 Å². The first-order valence-corrected chi connectivity index (χ1v) is 4.65. The summed E-state index contributed by atoms with van der Waals surface area (Å²) < 4.78 is 3.49. The molecule has 2 nitrogen and oxygen atoms in total. The van der Waals surface area contributed by atoms with Gasteiger partial charge in [0.05, 0.1) is 0 Å². The van der Waals surface area contributed by atoms with Crippen molar-refractivity contribution in [3.8, 4) is 0 Å². The Bertz CT molecular complexity index is 52.5. The molecule has 0 amide bonds. The molecule has 0 aliphatic heterocycles. The van der Waals surface area contributed by atoms with Gasteiger partial charge in [-0.05, 0) is 0 Å². The minimum atomic E-state index is 0. The molecule has 0 N–H and O–H groups in total. The minimum Gasteiger partial charge on any atom is -0.176 e. The summed E-state index contributed by atoms with van der Waals surface area (Å²) in [6, 6.07) is 0. The fourth-order valence-electron chi connectivity index (χ4n) is 0.151. The van der Waals surface area contributed by atoms with Gasteiger partial charge in [0.1, 0.15) is 0 Å². The van der Waals surface area contributed by atoms with Gasteiger partial charge in [0.2, 0.25) is 0 Å². The van der Waals surface area contributed by atoms with Crippen LogP contribution in [-0.4, -0.2) is 70.4 Å². The van der Waals surface area contributed by atoms with Gasteiger partial charge in [-0.25, -0.2) is 0 Å². The van der Waals surface area contributed by atoms with E-state index in [9.17, 15) is 0 Å². The van der Waals surface area contributed by atoms with Crippen molar-refractivity contribution in [2.75, 3.05) is 13.1 Å². The molecule has 0 atom stereocenters. The maximum atomic E-state index is 3.18. The Labute approximate surface area is 132 Å². The molecule has 0 heterocycles. The normalized spacial score (nSPS) is 10.0. The molecule has 0 saturated carbocycles. The van der Waals surface area contributed by atoms with Crippen molar-refractivity contribution >= 4 is 116 Å². The van der Waals surface area contributed by atoms with Crippen molar-refractivity contribution in [3.63, 3.8) is 0 Å². The Morgan fingerprint density at radius 1 is 0.778 bits per heavy atom. The third kappa shape index (κ3) is 14.3. The molecule has 0 aromatic heterocycles. The molecule has 0 aromatic carbocycles. The molecule has 0 spiro atoms. The minimum absolute atomic E-state index is 0. The van der Waals surface area contributed by atoms with E-state index in [0.29, 0.717) is 0 Å². The molecule has 0 saturated heterocycles. The van der Waals surface area contributed by atoms with Crippen molar-refractivity contribution in [3.05, 3.63) is 0 Å². The average molecular weight is 415 g/mol. The second kappa shape index (κ2) is 9.56. The van der Waals surface area contributed by atoms with Gasteiger partial charge in [-0.15, -0.1) is 0 Å². The molecular formula is C2H4Br4KN2. The number of hydrogen-bond donors (Lipinski definition) is 0. The zero-order valence-electron chi connectivity index (χ0n) is 4.82. The van der Waals surface area contributed by atoms with Gasteiger partial charge in [0.15, 0.2) is 0 Å². The summed E-state index contributed by atoms with van der Waals surface area (Å²) in [6.07, 6.45) is 0. The van der Waals surface area contributed by atoms with Gasteiger partial charge >= 0.3 is 0 Å². The van der Waals surface area contributed by atoms with Gasteiger partial charge in [-0.1, -0.05) is 0 Å². The standard InChI is InChI=1S/C2H4Br4N2.K/c3-7(4)1-2-8(5)6;/h1-2H2;. The molecule has 0 bridgehead atoms. The zero-order valence-corrected chi connectivity index (χ0v) is 14.3. The smallest absolute Gasteiger partial charge is 0.0355 e. The Hall–Kier alpha value is 3.48. The van der Waals surface area contributed by atoms with Crippen LogP contribution in [0.1, 0.15) is 0 Å². The van der Waals surface area contributed by atoms with Gasteiger partial charge in [-0.3, -0.25) is 0 Å². The Morgan fingerprint density at radius 2 is 1.00 bits per heavy atom. The topological polar surface area (TPSA) is 6.48 Å². The zero-order chi connectivity index (χ0) is 6.57. The first-order chi connectivity index (χ1) is 3.63. The van der Waals surface area contributed by atoms with Gasteiger partial charge in [0, 0.05) is 129 Å². The third-order valence-corrected chi connectivity index (χ3v) is 1.86. The maximum Gasteiger partial charge on any atom is 0.0355 e. The van der Waals surface area contributed by atoms with E-state index in [1.54, 1.807) is 5.90 Å². The van der Waals surface area contributed by atoms with Crippen LogP contribution in [0.5, 0.6) is 0 Å². The third-order valence-electron chi connectivity index (χ3n) is 0.438. The first-order valence-electron chi connectivity index (χ1n) is 1.81. The van der Waals surface area contributed by atoms with Crippen molar-refractivity contribution < 1.29 is 0 Å². The van der Waals surface area contributed by atoms with E-state index in [1.807, 2.05) is 0 Å². The van der Waals surface area contributed by atoms with Crippen molar-refractivity contribution in [2.45, 2.75) is 0 Å². The molecule has 9 heavy (non-hydrogen) atoms. The summed E-state index contributed by atoms with van der Waals surface area (Å²) in [6.45, 7) is 1.77. The van der Waals surface area contributed by atoms with E-state index < -0.39 is 0 Å². The first kappa shape index (κ1) is 15.0. The predicted octanol–water partition coefficient (Wildman–Crippen LogP) is 2.45. The summed E-state index contributed by atoms with van der Waals surface area (Å²) in [4.78, 5) is 0. The molecule has 0 aliphatic rings. The van der Waals surface area contributed by atoms with E-state index in [2.05, 4.69) is 64.6 Å². The molecule has 0 aliphatic carbocycles. The van der Waals surface area contributed by atoms with E-state index in [1.165, 1.54) is 0 Å². The molecule has 0 unspecified atom stereocenters. The van der Waals surface area contributed by atoms with Crippen molar-refractivity contribution in [2.24, 2.45) is 0 Å². The number of hydrogen-bond acceptors (Lipinski definition) is 2. The molecule has 0 aromatic rings. The van der Waals surface area contributed by atoms with Crippen LogP contribution in [0.4, 0.5) is 0 Å². The van der Waals surface area contributed by atoms with Crippen LogP contribution in [0.3, 0.4) is 0 Å².